The molecule has 0 fully saturated rings. The van der Waals surface area contributed by atoms with Crippen molar-refractivity contribution in [3.63, 3.8) is 0 Å². The highest BCUT2D eigenvalue weighted by molar-refractivity contribution is 5.90. The lowest BCUT2D eigenvalue weighted by Crippen LogP contribution is -2.40. The number of halogens is 1. The van der Waals surface area contributed by atoms with Crippen LogP contribution in [0.15, 0.2) is 36.5 Å². The largest absolute Gasteiger partial charge is 0.322 e. The molecule has 0 atom stereocenters. The van der Waals surface area contributed by atoms with Gasteiger partial charge in [0, 0.05) is 18.6 Å². The summed E-state index contributed by atoms with van der Waals surface area (Å²) in [6, 6.07) is 9.86. The molecule has 0 saturated carbocycles. The van der Waals surface area contributed by atoms with Crippen LogP contribution in [0.25, 0.3) is 10.9 Å². The Labute approximate surface area is 100 Å². The highest BCUT2D eigenvalue weighted by atomic mass is 35.5. The van der Waals surface area contributed by atoms with E-state index in [2.05, 4.69) is 0 Å². The third-order valence-electron chi connectivity index (χ3n) is 2.44. The Bertz CT molecular complexity index is 495. The molecule has 16 heavy (non-hydrogen) atoms. The van der Waals surface area contributed by atoms with Gasteiger partial charge in [-0.1, -0.05) is 18.2 Å². The van der Waals surface area contributed by atoms with Crippen LogP contribution in [0, 0.1) is 0 Å². The molecule has 0 aliphatic heterocycles. The average Bonchev–Trinajstić information content (AvgIpc) is 2.70. The fraction of sp³-hybridized carbons (Fsp3) is 0.182. The first-order valence-electron chi connectivity index (χ1n) is 4.77. The fourth-order valence-corrected chi connectivity index (χ4v) is 1.58. The van der Waals surface area contributed by atoms with Crippen molar-refractivity contribution in [1.82, 2.24) is 4.68 Å². The molecule has 5 heteroatoms. The van der Waals surface area contributed by atoms with Crippen molar-refractivity contribution >= 4 is 29.2 Å². The number of rotatable bonds is 2. The Balaban J connectivity index is 0.00000128. The fourth-order valence-electron chi connectivity index (χ4n) is 1.58. The summed E-state index contributed by atoms with van der Waals surface area (Å²) in [4.78, 5) is 11.4. The number of para-hydroxylation sites is 1. The molecule has 4 nitrogen and oxygen atoms in total. The molecule has 0 unspecified atom stereocenters. The van der Waals surface area contributed by atoms with Crippen molar-refractivity contribution in [3.05, 3.63) is 36.5 Å². The summed E-state index contributed by atoms with van der Waals surface area (Å²) >= 11 is 0. The number of aromatic nitrogens is 1. The SMILES string of the molecule is CN(C(=O)CN)n1ccc2ccccc21.Cl. The van der Waals surface area contributed by atoms with E-state index >= 15 is 0 Å². The third-order valence-corrected chi connectivity index (χ3v) is 2.44. The van der Waals surface area contributed by atoms with Crippen LogP contribution in [0.1, 0.15) is 0 Å². The Morgan fingerprint density at radius 2 is 2.06 bits per heavy atom. The number of nitrogens with zero attached hydrogens (tertiary/aromatic N) is 2. The van der Waals surface area contributed by atoms with Crippen LogP contribution in [0.5, 0.6) is 0 Å². The summed E-state index contributed by atoms with van der Waals surface area (Å²) in [6.45, 7) is 0.0169. The van der Waals surface area contributed by atoms with Crippen molar-refractivity contribution < 1.29 is 4.79 Å². The molecule has 0 radical (unpaired) electrons. The molecule has 0 spiro atoms. The van der Waals surface area contributed by atoms with Gasteiger partial charge in [0.1, 0.15) is 0 Å². The van der Waals surface area contributed by atoms with E-state index in [0.29, 0.717) is 0 Å². The number of benzene rings is 1. The monoisotopic (exact) mass is 239 g/mol. The van der Waals surface area contributed by atoms with Gasteiger partial charge in [-0.15, -0.1) is 12.4 Å². The van der Waals surface area contributed by atoms with Crippen LogP contribution in [-0.4, -0.2) is 24.2 Å². The first kappa shape index (κ1) is 12.5. The second-order valence-corrected chi connectivity index (χ2v) is 3.34. The summed E-state index contributed by atoms with van der Waals surface area (Å²) in [6.07, 6.45) is 1.86. The van der Waals surface area contributed by atoms with Crippen LogP contribution in [0.4, 0.5) is 0 Å². The number of amides is 1. The van der Waals surface area contributed by atoms with Gasteiger partial charge < -0.3 is 5.73 Å². The summed E-state index contributed by atoms with van der Waals surface area (Å²) in [5, 5.41) is 2.62. The minimum atomic E-state index is -0.114. The van der Waals surface area contributed by atoms with E-state index in [1.54, 1.807) is 11.7 Å². The van der Waals surface area contributed by atoms with Crippen molar-refractivity contribution in [2.24, 2.45) is 5.73 Å². The normalized spacial score (nSPS) is 9.88. The third kappa shape index (κ3) is 2.03. The van der Waals surface area contributed by atoms with Crippen LogP contribution in [0.2, 0.25) is 0 Å². The maximum absolute atomic E-state index is 11.4. The van der Waals surface area contributed by atoms with Gasteiger partial charge >= 0.3 is 0 Å². The lowest BCUT2D eigenvalue weighted by atomic mass is 10.3. The molecular weight excluding hydrogens is 226 g/mol. The van der Waals surface area contributed by atoms with Crippen LogP contribution < -0.4 is 10.7 Å². The molecule has 1 aromatic heterocycles. The molecule has 0 saturated heterocycles. The highest BCUT2D eigenvalue weighted by Crippen LogP contribution is 2.14. The van der Waals surface area contributed by atoms with E-state index in [1.165, 1.54) is 5.01 Å². The predicted molar refractivity (Wildman–Crippen MR) is 67.4 cm³/mol. The van der Waals surface area contributed by atoms with Gasteiger partial charge in [-0.3, -0.25) is 14.5 Å². The smallest absolute Gasteiger partial charge is 0.254 e. The predicted octanol–water partition coefficient (Wildman–Crippen LogP) is 1.12. The minimum absolute atomic E-state index is 0. The quantitative estimate of drug-likeness (QED) is 0.854. The van der Waals surface area contributed by atoms with Gasteiger partial charge in [-0.05, 0) is 12.1 Å². The number of likely N-dealkylation sites (N-methyl/N-ethyl adjacent to an activating group) is 1. The molecule has 0 bridgehead atoms. The number of hydrogen-bond acceptors (Lipinski definition) is 2. The second kappa shape index (κ2) is 5.01. The van der Waals surface area contributed by atoms with Crippen molar-refractivity contribution in [2.45, 2.75) is 0 Å². The number of carbonyl (C=O) groups is 1. The Kier molecular flexibility index (Phi) is 3.93. The molecule has 2 aromatic rings. The van der Waals surface area contributed by atoms with Gasteiger partial charge in [0.2, 0.25) is 0 Å². The maximum Gasteiger partial charge on any atom is 0.254 e. The van der Waals surface area contributed by atoms with E-state index in [-0.39, 0.29) is 24.9 Å². The van der Waals surface area contributed by atoms with Gasteiger partial charge in [0.05, 0.1) is 12.1 Å². The number of nitrogens with two attached hydrogens (primary N) is 1. The Morgan fingerprint density at radius 3 is 2.75 bits per heavy atom. The summed E-state index contributed by atoms with van der Waals surface area (Å²) < 4.78 is 1.80. The Morgan fingerprint density at radius 1 is 1.38 bits per heavy atom. The molecule has 1 aromatic carbocycles. The molecule has 86 valence electrons. The second-order valence-electron chi connectivity index (χ2n) is 3.34. The van der Waals surface area contributed by atoms with Crippen molar-refractivity contribution in [3.8, 4) is 0 Å². The molecule has 1 amide bonds. The molecule has 0 aliphatic carbocycles. The van der Waals surface area contributed by atoms with Gasteiger partial charge in [-0.2, -0.15) is 0 Å². The zero-order chi connectivity index (χ0) is 10.8. The molecular formula is C11H14ClN3O. The zero-order valence-electron chi connectivity index (χ0n) is 8.96. The van der Waals surface area contributed by atoms with E-state index < -0.39 is 0 Å². The topological polar surface area (TPSA) is 51.3 Å². The lowest BCUT2D eigenvalue weighted by molar-refractivity contribution is -0.118. The molecule has 2 N–H and O–H groups in total. The zero-order valence-corrected chi connectivity index (χ0v) is 9.78. The van der Waals surface area contributed by atoms with Crippen molar-refractivity contribution in [1.29, 1.82) is 0 Å². The minimum Gasteiger partial charge on any atom is -0.322 e. The van der Waals surface area contributed by atoms with E-state index in [0.717, 1.165) is 10.9 Å². The Hall–Kier alpha value is -1.52. The van der Waals surface area contributed by atoms with Gasteiger partial charge in [0.25, 0.3) is 5.91 Å². The molecule has 2 rings (SSSR count). The summed E-state index contributed by atoms with van der Waals surface area (Å²) in [5.74, 6) is -0.114. The highest BCUT2D eigenvalue weighted by Gasteiger charge is 2.09. The van der Waals surface area contributed by atoms with E-state index in [9.17, 15) is 4.79 Å². The average molecular weight is 240 g/mol. The van der Waals surface area contributed by atoms with Gasteiger partial charge in [0.15, 0.2) is 0 Å². The number of hydrogen-bond donors (Lipinski definition) is 1. The van der Waals surface area contributed by atoms with Crippen LogP contribution in [0.3, 0.4) is 0 Å². The van der Waals surface area contributed by atoms with E-state index in [1.807, 2.05) is 36.5 Å². The standard InChI is InChI=1S/C11H13N3O.ClH/c1-13(11(15)8-12)14-7-6-9-4-2-3-5-10(9)14;/h2-7H,8,12H2,1H3;1H. The summed E-state index contributed by atoms with van der Waals surface area (Å²) in [7, 11) is 1.71. The molecule has 1 heterocycles. The van der Waals surface area contributed by atoms with E-state index in [4.69, 9.17) is 5.73 Å². The van der Waals surface area contributed by atoms with Crippen LogP contribution >= 0.6 is 12.4 Å². The van der Waals surface area contributed by atoms with Crippen molar-refractivity contribution in [2.75, 3.05) is 18.6 Å². The number of carbonyl (C=O) groups excluding carboxylic acids is 1. The maximum atomic E-state index is 11.4. The first-order valence-corrected chi connectivity index (χ1v) is 4.77. The lowest BCUT2D eigenvalue weighted by Gasteiger charge is -2.18. The summed E-state index contributed by atoms with van der Waals surface area (Å²) in [5.41, 5.74) is 6.32. The number of fused-ring (bicyclic) bond motifs is 1. The molecule has 0 aliphatic rings. The first-order chi connectivity index (χ1) is 7.24. The van der Waals surface area contributed by atoms with Gasteiger partial charge in [-0.25, -0.2) is 0 Å². The van der Waals surface area contributed by atoms with Crippen LogP contribution in [-0.2, 0) is 4.79 Å².